The van der Waals surface area contributed by atoms with Crippen molar-refractivity contribution >= 4 is 0 Å². The molecule has 2 heterocycles. The Morgan fingerprint density at radius 2 is 2.33 bits per heavy atom. The molecular weight excluding hydrogens is 194 g/mol. The molecule has 1 atom stereocenters. The third-order valence-electron chi connectivity index (χ3n) is 2.04. The average Bonchev–Trinajstić information content (AvgIpc) is 2.81. The molecule has 2 aromatic rings. The zero-order chi connectivity index (χ0) is 10.7. The number of nitrogens with one attached hydrogen (secondary N) is 1. The summed E-state index contributed by atoms with van der Waals surface area (Å²) in [5, 5.41) is 6.44. The Kier molecular flexibility index (Phi) is 2.59. The number of nitrogens with two attached hydrogens (primary N) is 1. The first-order chi connectivity index (χ1) is 7.33. The summed E-state index contributed by atoms with van der Waals surface area (Å²) in [5.74, 6) is 1.20. The third kappa shape index (κ3) is 1.79. The standard InChI is InChI=1S/C9H11N5O/c1-15-6-3-2-4-11-8(6)7(10)9-12-5-13-14-9/h2-5,7H,10H2,1H3,(H,12,13,14). The van der Waals surface area contributed by atoms with Crippen LogP contribution in [0, 0.1) is 0 Å². The van der Waals surface area contributed by atoms with Crippen LogP contribution in [0.15, 0.2) is 24.7 Å². The highest BCUT2D eigenvalue weighted by Crippen LogP contribution is 2.23. The number of aromatic nitrogens is 4. The maximum absolute atomic E-state index is 5.96. The van der Waals surface area contributed by atoms with E-state index in [1.807, 2.05) is 0 Å². The van der Waals surface area contributed by atoms with Gasteiger partial charge in [0, 0.05) is 6.20 Å². The van der Waals surface area contributed by atoms with Crippen molar-refractivity contribution in [3.63, 3.8) is 0 Å². The molecule has 78 valence electrons. The number of aromatic amines is 1. The van der Waals surface area contributed by atoms with E-state index in [0.29, 0.717) is 17.3 Å². The van der Waals surface area contributed by atoms with Crippen LogP contribution >= 0.6 is 0 Å². The van der Waals surface area contributed by atoms with E-state index in [2.05, 4.69) is 20.2 Å². The van der Waals surface area contributed by atoms with E-state index in [1.54, 1.807) is 25.4 Å². The fourth-order valence-electron chi connectivity index (χ4n) is 1.30. The first-order valence-electron chi connectivity index (χ1n) is 4.42. The molecule has 15 heavy (non-hydrogen) atoms. The fourth-order valence-corrected chi connectivity index (χ4v) is 1.30. The van der Waals surface area contributed by atoms with Gasteiger partial charge in [-0.1, -0.05) is 0 Å². The lowest BCUT2D eigenvalue weighted by Crippen LogP contribution is -2.16. The van der Waals surface area contributed by atoms with Gasteiger partial charge in [0.2, 0.25) is 0 Å². The highest BCUT2D eigenvalue weighted by Gasteiger charge is 2.17. The smallest absolute Gasteiger partial charge is 0.147 e. The molecule has 6 heteroatoms. The van der Waals surface area contributed by atoms with Crippen LogP contribution in [0.3, 0.4) is 0 Å². The number of hydrogen-bond donors (Lipinski definition) is 2. The highest BCUT2D eigenvalue weighted by molar-refractivity contribution is 5.32. The molecule has 0 aliphatic carbocycles. The second kappa shape index (κ2) is 4.05. The number of H-pyrrole nitrogens is 1. The van der Waals surface area contributed by atoms with Gasteiger partial charge < -0.3 is 10.5 Å². The van der Waals surface area contributed by atoms with Crippen LogP contribution in [0.1, 0.15) is 17.6 Å². The normalized spacial score (nSPS) is 12.4. The van der Waals surface area contributed by atoms with Crippen LogP contribution < -0.4 is 10.5 Å². The van der Waals surface area contributed by atoms with E-state index in [0.717, 1.165) is 0 Å². The largest absolute Gasteiger partial charge is 0.495 e. The summed E-state index contributed by atoms with van der Waals surface area (Å²) in [6.07, 6.45) is 3.07. The molecule has 0 amide bonds. The fraction of sp³-hybridized carbons (Fsp3) is 0.222. The zero-order valence-corrected chi connectivity index (χ0v) is 8.21. The van der Waals surface area contributed by atoms with Crippen molar-refractivity contribution in [1.29, 1.82) is 0 Å². The molecule has 0 aromatic carbocycles. The number of methoxy groups -OCH3 is 1. The average molecular weight is 205 g/mol. The minimum absolute atomic E-state index is 0.455. The van der Waals surface area contributed by atoms with Gasteiger partial charge in [0.25, 0.3) is 0 Å². The van der Waals surface area contributed by atoms with Gasteiger partial charge >= 0.3 is 0 Å². The first kappa shape index (κ1) is 9.60. The lowest BCUT2D eigenvalue weighted by molar-refractivity contribution is 0.404. The van der Waals surface area contributed by atoms with Crippen molar-refractivity contribution in [1.82, 2.24) is 20.2 Å². The van der Waals surface area contributed by atoms with E-state index in [-0.39, 0.29) is 0 Å². The van der Waals surface area contributed by atoms with Gasteiger partial charge in [0.1, 0.15) is 29.6 Å². The Morgan fingerprint density at radius 3 is 3.00 bits per heavy atom. The second-order valence-corrected chi connectivity index (χ2v) is 2.94. The van der Waals surface area contributed by atoms with E-state index in [9.17, 15) is 0 Å². The van der Waals surface area contributed by atoms with E-state index in [1.165, 1.54) is 6.33 Å². The summed E-state index contributed by atoms with van der Waals surface area (Å²) in [4.78, 5) is 8.15. The minimum Gasteiger partial charge on any atom is -0.495 e. The van der Waals surface area contributed by atoms with Crippen LogP contribution in [0.4, 0.5) is 0 Å². The molecule has 0 fully saturated rings. The maximum atomic E-state index is 5.96. The summed E-state index contributed by atoms with van der Waals surface area (Å²) < 4.78 is 5.16. The maximum Gasteiger partial charge on any atom is 0.147 e. The van der Waals surface area contributed by atoms with Crippen molar-refractivity contribution < 1.29 is 4.74 Å². The molecule has 6 nitrogen and oxygen atoms in total. The number of pyridine rings is 1. The van der Waals surface area contributed by atoms with Gasteiger partial charge in [-0.25, -0.2) is 4.98 Å². The van der Waals surface area contributed by atoms with Crippen LogP contribution in [0.5, 0.6) is 5.75 Å². The molecule has 0 aliphatic heterocycles. The predicted octanol–water partition coefficient (Wildman–Crippen LogP) is 0.256. The number of ether oxygens (including phenoxy) is 1. The molecular formula is C9H11N5O. The van der Waals surface area contributed by atoms with Crippen LogP contribution in [0.25, 0.3) is 0 Å². The van der Waals surface area contributed by atoms with Gasteiger partial charge in [0.05, 0.1) is 7.11 Å². The van der Waals surface area contributed by atoms with Crippen LogP contribution in [-0.2, 0) is 0 Å². The summed E-state index contributed by atoms with van der Waals surface area (Å²) in [7, 11) is 1.58. The van der Waals surface area contributed by atoms with Crippen molar-refractivity contribution in [2.24, 2.45) is 5.73 Å². The predicted molar refractivity (Wildman–Crippen MR) is 53.2 cm³/mol. The molecule has 0 aliphatic rings. The van der Waals surface area contributed by atoms with Crippen LogP contribution in [0.2, 0.25) is 0 Å². The highest BCUT2D eigenvalue weighted by atomic mass is 16.5. The second-order valence-electron chi connectivity index (χ2n) is 2.94. The molecule has 3 N–H and O–H groups in total. The van der Waals surface area contributed by atoms with Gasteiger partial charge in [-0.2, -0.15) is 5.10 Å². The molecule has 0 saturated carbocycles. The Hall–Kier alpha value is -1.95. The minimum atomic E-state index is -0.455. The Labute approximate surface area is 86.5 Å². The lowest BCUT2D eigenvalue weighted by atomic mass is 10.2. The molecule has 2 aromatic heterocycles. The van der Waals surface area contributed by atoms with Gasteiger partial charge in [-0.05, 0) is 12.1 Å². The Bertz CT molecular complexity index is 428. The van der Waals surface area contributed by atoms with Crippen molar-refractivity contribution in [3.8, 4) is 5.75 Å². The summed E-state index contributed by atoms with van der Waals surface area (Å²) in [5.41, 5.74) is 6.60. The monoisotopic (exact) mass is 205 g/mol. The van der Waals surface area contributed by atoms with E-state index in [4.69, 9.17) is 10.5 Å². The van der Waals surface area contributed by atoms with Crippen molar-refractivity contribution in [2.75, 3.05) is 7.11 Å². The van der Waals surface area contributed by atoms with Gasteiger partial charge in [-0.15, -0.1) is 0 Å². The van der Waals surface area contributed by atoms with Gasteiger partial charge in [0.15, 0.2) is 0 Å². The summed E-state index contributed by atoms with van der Waals surface area (Å²) in [6.45, 7) is 0. The van der Waals surface area contributed by atoms with E-state index < -0.39 is 6.04 Å². The Balaban J connectivity index is 2.37. The first-order valence-corrected chi connectivity index (χ1v) is 4.42. The quantitative estimate of drug-likeness (QED) is 0.750. The van der Waals surface area contributed by atoms with E-state index >= 15 is 0 Å². The van der Waals surface area contributed by atoms with Crippen molar-refractivity contribution in [2.45, 2.75) is 6.04 Å². The summed E-state index contributed by atoms with van der Waals surface area (Å²) >= 11 is 0. The molecule has 0 bridgehead atoms. The molecule has 0 radical (unpaired) electrons. The Morgan fingerprint density at radius 1 is 1.47 bits per heavy atom. The zero-order valence-electron chi connectivity index (χ0n) is 8.21. The molecule has 0 spiro atoms. The number of rotatable bonds is 3. The number of nitrogens with zero attached hydrogens (tertiary/aromatic N) is 3. The lowest BCUT2D eigenvalue weighted by Gasteiger charge is -2.11. The van der Waals surface area contributed by atoms with Crippen LogP contribution in [-0.4, -0.2) is 27.3 Å². The topological polar surface area (TPSA) is 89.7 Å². The molecule has 0 saturated heterocycles. The van der Waals surface area contributed by atoms with Crippen molar-refractivity contribution in [3.05, 3.63) is 36.2 Å². The molecule has 1 unspecified atom stereocenters. The molecule has 2 rings (SSSR count). The summed E-state index contributed by atoms with van der Waals surface area (Å²) in [6, 6.07) is 3.14. The number of hydrogen-bond acceptors (Lipinski definition) is 5. The van der Waals surface area contributed by atoms with Gasteiger partial charge in [-0.3, -0.25) is 10.1 Å². The third-order valence-corrected chi connectivity index (χ3v) is 2.04. The SMILES string of the molecule is COc1cccnc1C(N)c1ncn[nH]1.